The van der Waals surface area contributed by atoms with E-state index in [2.05, 4.69) is 20.0 Å². The number of fused-ring (bicyclic) bond motifs is 1. The van der Waals surface area contributed by atoms with Gasteiger partial charge in [0, 0.05) is 20.0 Å². The van der Waals surface area contributed by atoms with Gasteiger partial charge in [0.1, 0.15) is 6.04 Å². The highest BCUT2D eigenvalue weighted by Gasteiger charge is 2.35. The first-order valence-corrected chi connectivity index (χ1v) is 15.2. The number of amides is 2. The van der Waals surface area contributed by atoms with E-state index in [1.54, 1.807) is 12.1 Å². The summed E-state index contributed by atoms with van der Waals surface area (Å²) in [5.41, 5.74) is 7.44. The number of aryl methyl sites for hydroxylation is 1. The highest BCUT2D eigenvalue weighted by molar-refractivity contribution is 7.90. The van der Waals surface area contributed by atoms with Gasteiger partial charge in [-0.1, -0.05) is 29.8 Å². The van der Waals surface area contributed by atoms with Crippen LogP contribution in [0.25, 0.3) is 10.2 Å². The molecule has 2 aromatic carbocycles. The molecule has 3 aromatic rings. The monoisotopic (exact) mass is 584 g/mol. The third-order valence-electron chi connectivity index (χ3n) is 6.60. The number of carbonyl (C=O) groups is 3. The van der Waals surface area contributed by atoms with Crippen molar-refractivity contribution in [3.63, 3.8) is 0 Å². The van der Waals surface area contributed by atoms with Crippen molar-refractivity contribution in [1.82, 2.24) is 19.9 Å². The Bertz CT molecular complexity index is 1500. The summed E-state index contributed by atoms with van der Waals surface area (Å²) in [4.78, 5) is 48.7. The van der Waals surface area contributed by atoms with Crippen molar-refractivity contribution >= 4 is 55.1 Å². The van der Waals surface area contributed by atoms with E-state index in [0.717, 1.165) is 10.3 Å². The Labute approximate surface area is 236 Å². The number of aromatic nitrogens is 1. The Hall–Kier alpha value is -3.84. The van der Waals surface area contributed by atoms with Crippen molar-refractivity contribution in [1.29, 1.82) is 0 Å². The number of rotatable bonds is 10. The third kappa shape index (κ3) is 7.02. The van der Waals surface area contributed by atoms with Crippen LogP contribution in [0.1, 0.15) is 48.0 Å². The Kier molecular flexibility index (Phi) is 9.15. The van der Waals surface area contributed by atoms with Crippen molar-refractivity contribution in [2.24, 2.45) is 10.7 Å². The summed E-state index contributed by atoms with van der Waals surface area (Å²) in [5.74, 6) is -1.19. The molecule has 1 aliphatic rings. The number of guanidine groups is 1. The molecule has 212 valence electrons. The summed E-state index contributed by atoms with van der Waals surface area (Å²) in [5, 5.41) is 3.11. The lowest BCUT2D eigenvalue weighted by Crippen LogP contribution is -2.50. The summed E-state index contributed by atoms with van der Waals surface area (Å²) in [7, 11) is -3.89. The molecule has 1 saturated heterocycles. The smallest absolute Gasteiger partial charge is 0.264 e. The number of nitrogens with one attached hydrogen (secondary N) is 2. The minimum Gasteiger partial charge on any atom is -0.369 e. The standard InChI is InChI=1S/C27H32N6O5S2/c1-17-11-13-19(14-12-17)40(37,38)32-27(28)29-15-5-8-21(30-25(36)22-9-6-16-33(22)18(2)34)24(35)26-31-20-7-3-4-10-23(20)39-26/h3-4,7,10-14,21-22H,5-6,8-9,15-16H2,1-2H3,(H,30,36)(H3,28,29,32)/t21-,22-/m1/s1. The van der Waals surface area contributed by atoms with Gasteiger partial charge in [0.2, 0.25) is 23.6 Å². The van der Waals surface area contributed by atoms with Crippen molar-refractivity contribution < 1.29 is 22.8 Å². The first kappa shape index (κ1) is 29.2. The molecule has 0 radical (unpaired) electrons. The van der Waals surface area contributed by atoms with E-state index < -0.39 is 22.1 Å². The predicted octanol–water partition coefficient (Wildman–Crippen LogP) is 2.36. The Balaban J connectivity index is 1.44. The first-order valence-electron chi connectivity index (χ1n) is 12.9. The molecule has 2 atom stereocenters. The van der Waals surface area contributed by atoms with Crippen LogP contribution in [-0.4, -0.2) is 67.0 Å². The Morgan fingerprint density at radius 3 is 2.60 bits per heavy atom. The average Bonchev–Trinajstić information content (AvgIpc) is 3.58. The zero-order valence-corrected chi connectivity index (χ0v) is 23.9. The number of sulfonamides is 1. The summed E-state index contributed by atoms with van der Waals surface area (Å²) < 4.78 is 28.2. The summed E-state index contributed by atoms with van der Waals surface area (Å²) in [6, 6.07) is 12.2. The fourth-order valence-electron chi connectivity index (χ4n) is 4.52. The summed E-state index contributed by atoms with van der Waals surface area (Å²) in [6.45, 7) is 3.88. The van der Waals surface area contributed by atoms with E-state index in [1.165, 1.54) is 35.3 Å². The number of ketones is 1. The second kappa shape index (κ2) is 12.6. The van der Waals surface area contributed by atoms with Gasteiger partial charge in [-0.25, -0.2) is 18.1 Å². The number of nitrogens with two attached hydrogens (primary N) is 1. The maximum atomic E-state index is 13.5. The lowest BCUT2D eigenvalue weighted by Gasteiger charge is -2.25. The molecule has 1 fully saturated rings. The van der Waals surface area contributed by atoms with Crippen LogP contribution in [0.15, 0.2) is 58.4 Å². The minimum absolute atomic E-state index is 0.0620. The molecule has 0 saturated carbocycles. The molecule has 4 N–H and O–H groups in total. The van der Waals surface area contributed by atoms with Gasteiger partial charge in [-0.3, -0.25) is 19.4 Å². The molecular formula is C27H32N6O5S2. The van der Waals surface area contributed by atoms with Crippen molar-refractivity contribution in [2.45, 2.75) is 56.5 Å². The molecule has 0 spiro atoms. The van der Waals surface area contributed by atoms with Crippen molar-refractivity contribution in [3.8, 4) is 0 Å². The van der Waals surface area contributed by atoms with Gasteiger partial charge >= 0.3 is 0 Å². The topological polar surface area (TPSA) is 164 Å². The third-order valence-corrected chi connectivity index (χ3v) is 9.02. The Morgan fingerprint density at radius 2 is 1.90 bits per heavy atom. The molecule has 0 bridgehead atoms. The number of aliphatic imine (C=N–C) groups is 1. The van der Waals surface area contributed by atoms with Crippen LogP contribution in [0.3, 0.4) is 0 Å². The molecule has 2 amide bonds. The van der Waals surface area contributed by atoms with E-state index in [4.69, 9.17) is 5.73 Å². The summed E-state index contributed by atoms with van der Waals surface area (Å²) in [6.07, 6.45) is 1.78. The van der Waals surface area contributed by atoms with Gasteiger partial charge in [0.25, 0.3) is 10.0 Å². The predicted molar refractivity (Wildman–Crippen MR) is 154 cm³/mol. The van der Waals surface area contributed by atoms with E-state index in [1.807, 2.05) is 31.2 Å². The van der Waals surface area contributed by atoms with Crippen LogP contribution in [0, 0.1) is 6.92 Å². The van der Waals surface area contributed by atoms with Gasteiger partial charge in [0.05, 0.1) is 21.2 Å². The molecule has 0 aliphatic carbocycles. The van der Waals surface area contributed by atoms with Gasteiger partial charge < -0.3 is 16.0 Å². The van der Waals surface area contributed by atoms with Gasteiger partial charge in [-0.2, -0.15) is 0 Å². The van der Waals surface area contributed by atoms with Crippen LogP contribution in [0.2, 0.25) is 0 Å². The van der Waals surface area contributed by atoms with E-state index in [9.17, 15) is 22.8 Å². The van der Waals surface area contributed by atoms with Crippen LogP contribution >= 0.6 is 11.3 Å². The number of hydrogen-bond acceptors (Lipinski definition) is 8. The van der Waals surface area contributed by atoms with Gasteiger partial charge in [0.15, 0.2) is 5.01 Å². The number of nitrogens with zero attached hydrogens (tertiary/aromatic N) is 3. The number of likely N-dealkylation sites (tertiary alicyclic amines) is 1. The second-order valence-corrected chi connectivity index (χ2v) is 12.3. The molecule has 4 rings (SSSR count). The maximum absolute atomic E-state index is 13.5. The molecule has 2 heterocycles. The average molecular weight is 585 g/mol. The van der Waals surface area contributed by atoms with E-state index in [0.29, 0.717) is 31.3 Å². The lowest BCUT2D eigenvalue weighted by molar-refractivity contribution is -0.137. The van der Waals surface area contributed by atoms with Crippen LogP contribution in [-0.2, 0) is 19.6 Å². The fourth-order valence-corrected chi connectivity index (χ4v) is 6.43. The second-order valence-electron chi connectivity index (χ2n) is 9.61. The minimum atomic E-state index is -3.89. The van der Waals surface area contributed by atoms with E-state index >= 15 is 0 Å². The van der Waals surface area contributed by atoms with Crippen LogP contribution in [0.4, 0.5) is 0 Å². The zero-order valence-electron chi connectivity index (χ0n) is 22.3. The number of Topliss-reactive ketones (excluding diaryl/α,β-unsaturated/α-hetero) is 1. The van der Waals surface area contributed by atoms with Crippen LogP contribution < -0.4 is 15.8 Å². The molecule has 1 aromatic heterocycles. The first-order chi connectivity index (χ1) is 19.0. The molecule has 0 unspecified atom stereocenters. The van der Waals surface area contributed by atoms with Crippen molar-refractivity contribution in [3.05, 3.63) is 59.1 Å². The molecule has 11 nitrogen and oxygen atoms in total. The number of para-hydroxylation sites is 1. The lowest BCUT2D eigenvalue weighted by atomic mass is 10.1. The normalized spacial score (nSPS) is 16.6. The number of benzene rings is 2. The zero-order chi connectivity index (χ0) is 28.9. The molecule has 13 heteroatoms. The molecular weight excluding hydrogens is 552 g/mol. The highest BCUT2D eigenvalue weighted by atomic mass is 32.2. The molecule has 1 aliphatic heterocycles. The Morgan fingerprint density at radius 1 is 1.18 bits per heavy atom. The molecule has 40 heavy (non-hydrogen) atoms. The highest BCUT2D eigenvalue weighted by Crippen LogP contribution is 2.24. The van der Waals surface area contributed by atoms with Crippen LogP contribution in [0.5, 0.6) is 0 Å². The summed E-state index contributed by atoms with van der Waals surface area (Å²) >= 11 is 1.25. The number of hydrogen-bond donors (Lipinski definition) is 3. The SMILES string of the molecule is CC(=O)N1CCC[C@@H]1C(=O)N[C@H](CCCN=C(N)NS(=O)(=O)c1ccc(C)cc1)C(=O)c1nc2ccccc2s1. The van der Waals surface area contributed by atoms with E-state index in [-0.39, 0.29) is 46.4 Å². The van der Waals surface area contributed by atoms with Gasteiger partial charge in [-0.15, -0.1) is 11.3 Å². The quantitative estimate of drug-likeness (QED) is 0.142. The number of thiazole rings is 1. The largest absolute Gasteiger partial charge is 0.369 e. The maximum Gasteiger partial charge on any atom is 0.264 e. The van der Waals surface area contributed by atoms with Crippen molar-refractivity contribution in [2.75, 3.05) is 13.1 Å². The van der Waals surface area contributed by atoms with Gasteiger partial charge in [-0.05, 0) is 56.9 Å². The number of carbonyl (C=O) groups excluding carboxylic acids is 3. The fraction of sp³-hybridized carbons (Fsp3) is 0.370.